The molecule has 0 aliphatic heterocycles. The first kappa shape index (κ1) is 21.0. The van der Waals surface area contributed by atoms with Gasteiger partial charge >= 0.3 is 11.6 Å². The molecule has 8 heteroatoms. The van der Waals surface area contributed by atoms with E-state index in [0.717, 1.165) is 16.5 Å². The topological polar surface area (TPSA) is 110 Å². The second-order valence-corrected chi connectivity index (χ2v) is 8.08. The monoisotopic (exact) mass is 417 g/mol. The Morgan fingerprint density at radius 2 is 1.93 bits per heavy atom. The quantitative estimate of drug-likeness (QED) is 0.567. The number of hydrogen-bond acceptors (Lipinski definition) is 6. The highest BCUT2D eigenvalue weighted by atomic mass is 32.2. The van der Waals surface area contributed by atoms with Crippen LogP contribution < -0.4 is 10.9 Å². The third-order valence-corrected chi connectivity index (χ3v) is 5.69. The van der Waals surface area contributed by atoms with Gasteiger partial charge in [-0.15, -0.1) is 0 Å². The molecule has 0 saturated carbocycles. The van der Waals surface area contributed by atoms with E-state index < -0.39 is 23.5 Å². The fraction of sp³-hybridized carbons (Fsp3) is 0.381. The van der Waals surface area contributed by atoms with Crippen molar-refractivity contribution >= 4 is 45.6 Å². The van der Waals surface area contributed by atoms with Crippen molar-refractivity contribution < 1.29 is 23.5 Å². The number of aryl methyl sites for hydroxylation is 3. The molecular weight excluding hydrogens is 394 g/mol. The number of furan rings is 1. The molecule has 29 heavy (non-hydrogen) atoms. The number of thioether (sulfide) groups is 1. The third kappa shape index (κ3) is 4.03. The van der Waals surface area contributed by atoms with E-state index in [0.29, 0.717) is 34.3 Å². The minimum atomic E-state index is -1.10. The van der Waals surface area contributed by atoms with Crippen molar-refractivity contribution in [3.05, 3.63) is 45.0 Å². The van der Waals surface area contributed by atoms with Crippen molar-refractivity contribution in [1.82, 2.24) is 5.32 Å². The van der Waals surface area contributed by atoms with E-state index in [2.05, 4.69) is 5.32 Å². The minimum Gasteiger partial charge on any atom is -0.480 e. The van der Waals surface area contributed by atoms with Gasteiger partial charge in [0.1, 0.15) is 17.2 Å². The van der Waals surface area contributed by atoms with Gasteiger partial charge in [0, 0.05) is 5.39 Å². The number of hydrogen-bond donors (Lipinski definition) is 2. The van der Waals surface area contributed by atoms with Crippen LogP contribution in [0.3, 0.4) is 0 Å². The second-order valence-electron chi connectivity index (χ2n) is 7.10. The van der Waals surface area contributed by atoms with Crippen LogP contribution in [0.5, 0.6) is 0 Å². The molecule has 0 fully saturated rings. The maximum absolute atomic E-state index is 12.5. The lowest BCUT2D eigenvalue weighted by atomic mass is 9.98. The van der Waals surface area contributed by atoms with Gasteiger partial charge < -0.3 is 19.3 Å². The molecule has 0 spiro atoms. The molecule has 2 heterocycles. The summed E-state index contributed by atoms with van der Waals surface area (Å²) in [5.41, 5.74) is 3.11. The van der Waals surface area contributed by atoms with E-state index in [4.69, 9.17) is 8.83 Å². The van der Waals surface area contributed by atoms with E-state index in [1.807, 2.05) is 20.1 Å². The summed E-state index contributed by atoms with van der Waals surface area (Å²) in [4.78, 5) is 36.4. The van der Waals surface area contributed by atoms with Crippen LogP contribution >= 0.6 is 11.8 Å². The summed E-state index contributed by atoms with van der Waals surface area (Å²) < 4.78 is 11.2. The van der Waals surface area contributed by atoms with Crippen molar-refractivity contribution in [2.24, 2.45) is 0 Å². The molecule has 1 aromatic carbocycles. The van der Waals surface area contributed by atoms with E-state index in [9.17, 15) is 19.5 Å². The Bertz CT molecular complexity index is 1160. The molecule has 0 aliphatic carbocycles. The van der Waals surface area contributed by atoms with Crippen LogP contribution in [-0.4, -0.2) is 35.0 Å². The largest absolute Gasteiger partial charge is 0.480 e. The minimum absolute atomic E-state index is 0.197. The Hall–Kier alpha value is -2.74. The molecule has 154 valence electrons. The maximum Gasteiger partial charge on any atom is 0.340 e. The van der Waals surface area contributed by atoms with Gasteiger partial charge in [0.25, 0.3) is 0 Å². The SMILES string of the molecule is CSCC[C@H](NC(=O)Cc1c(C)c2c(cc(C)c3c(C)coc32)oc1=O)C(=O)O. The van der Waals surface area contributed by atoms with Crippen LogP contribution in [0.4, 0.5) is 0 Å². The third-order valence-electron chi connectivity index (χ3n) is 5.05. The number of benzene rings is 1. The average molecular weight is 417 g/mol. The summed E-state index contributed by atoms with van der Waals surface area (Å²) in [5.74, 6) is -1.03. The smallest absolute Gasteiger partial charge is 0.340 e. The lowest BCUT2D eigenvalue weighted by Gasteiger charge is -2.14. The van der Waals surface area contributed by atoms with Gasteiger partial charge in [-0.2, -0.15) is 11.8 Å². The first-order valence-corrected chi connectivity index (χ1v) is 10.6. The van der Waals surface area contributed by atoms with Gasteiger partial charge in [0.05, 0.1) is 23.6 Å². The molecular formula is C21H23NO6S. The van der Waals surface area contributed by atoms with E-state index >= 15 is 0 Å². The van der Waals surface area contributed by atoms with Crippen LogP contribution in [0, 0.1) is 20.8 Å². The second kappa shape index (κ2) is 8.32. The summed E-state index contributed by atoms with van der Waals surface area (Å²) in [6, 6.07) is 0.797. The summed E-state index contributed by atoms with van der Waals surface area (Å²) in [7, 11) is 0. The molecule has 0 unspecified atom stereocenters. The molecule has 3 rings (SSSR count). The number of carbonyl (C=O) groups excluding carboxylic acids is 1. The predicted octanol–water partition coefficient (Wildman–Crippen LogP) is 3.33. The molecule has 7 nitrogen and oxygen atoms in total. The Balaban J connectivity index is 2.00. The Kier molecular flexibility index (Phi) is 6.02. The molecule has 0 saturated heterocycles. The Morgan fingerprint density at radius 3 is 2.59 bits per heavy atom. The molecule has 3 aromatic rings. The predicted molar refractivity (Wildman–Crippen MR) is 113 cm³/mol. The number of carboxylic acid groups (broad SMARTS) is 1. The number of aliphatic carboxylic acids is 1. The lowest BCUT2D eigenvalue weighted by Crippen LogP contribution is -2.42. The molecule has 0 radical (unpaired) electrons. The standard InChI is InChI=1S/C21H23NO6S/c1-10-7-15-18(19-17(10)11(2)9-27-19)12(3)13(21(26)28-15)8-16(23)22-14(20(24)25)5-6-29-4/h7,9,14H,5-6,8H2,1-4H3,(H,22,23)(H,24,25)/t14-/m0/s1. The van der Waals surface area contributed by atoms with Gasteiger partial charge in [0.15, 0.2) is 0 Å². The van der Waals surface area contributed by atoms with Gasteiger partial charge in [-0.25, -0.2) is 9.59 Å². The lowest BCUT2D eigenvalue weighted by molar-refractivity contribution is -0.141. The van der Waals surface area contributed by atoms with Crippen molar-refractivity contribution in [3.63, 3.8) is 0 Å². The highest BCUT2D eigenvalue weighted by Gasteiger charge is 2.23. The van der Waals surface area contributed by atoms with Crippen molar-refractivity contribution in [3.8, 4) is 0 Å². The zero-order valence-electron chi connectivity index (χ0n) is 16.8. The molecule has 1 atom stereocenters. The zero-order chi connectivity index (χ0) is 21.3. The Morgan fingerprint density at radius 1 is 1.21 bits per heavy atom. The van der Waals surface area contributed by atoms with Crippen molar-refractivity contribution in [2.75, 3.05) is 12.0 Å². The van der Waals surface area contributed by atoms with Gasteiger partial charge in [0.2, 0.25) is 5.91 Å². The molecule has 2 N–H and O–H groups in total. The van der Waals surface area contributed by atoms with E-state index in [1.54, 1.807) is 19.3 Å². The summed E-state index contributed by atoms with van der Waals surface area (Å²) >= 11 is 1.50. The van der Waals surface area contributed by atoms with Crippen molar-refractivity contribution in [1.29, 1.82) is 0 Å². The van der Waals surface area contributed by atoms with Crippen LogP contribution in [0.2, 0.25) is 0 Å². The number of carboxylic acids is 1. The van der Waals surface area contributed by atoms with Crippen LogP contribution in [0.25, 0.3) is 21.9 Å². The van der Waals surface area contributed by atoms with Crippen LogP contribution in [0.15, 0.2) is 26.0 Å². The van der Waals surface area contributed by atoms with Gasteiger partial charge in [-0.3, -0.25) is 4.79 Å². The van der Waals surface area contributed by atoms with E-state index in [-0.39, 0.29) is 12.0 Å². The number of amides is 1. The zero-order valence-corrected chi connectivity index (χ0v) is 17.6. The highest BCUT2D eigenvalue weighted by molar-refractivity contribution is 7.98. The Labute approximate surface area is 171 Å². The summed E-state index contributed by atoms with van der Waals surface area (Å²) in [6.07, 6.45) is 3.56. The van der Waals surface area contributed by atoms with Crippen LogP contribution in [-0.2, 0) is 16.0 Å². The average Bonchev–Trinajstić information content (AvgIpc) is 3.03. The molecule has 0 bridgehead atoms. The van der Waals surface area contributed by atoms with Crippen LogP contribution in [0.1, 0.15) is 28.7 Å². The fourth-order valence-electron chi connectivity index (χ4n) is 3.58. The molecule has 2 aromatic heterocycles. The number of fused-ring (bicyclic) bond motifs is 3. The van der Waals surface area contributed by atoms with E-state index in [1.165, 1.54) is 11.8 Å². The first-order valence-electron chi connectivity index (χ1n) is 9.19. The van der Waals surface area contributed by atoms with Gasteiger partial charge in [-0.05, 0) is 62.0 Å². The number of nitrogens with one attached hydrogen (secondary N) is 1. The first-order chi connectivity index (χ1) is 13.7. The van der Waals surface area contributed by atoms with Gasteiger partial charge in [-0.1, -0.05) is 0 Å². The van der Waals surface area contributed by atoms with Crippen molar-refractivity contribution in [2.45, 2.75) is 39.7 Å². The summed E-state index contributed by atoms with van der Waals surface area (Å²) in [5, 5.41) is 13.4. The molecule has 1 amide bonds. The summed E-state index contributed by atoms with van der Waals surface area (Å²) in [6.45, 7) is 5.60. The molecule has 0 aliphatic rings. The maximum atomic E-state index is 12.5. The number of rotatable bonds is 7. The highest BCUT2D eigenvalue weighted by Crippen LogP contribution is 2.34. The fourth-order valence-corrected chi connectivity index (χ4v) is 4.05. The number of carbonyl (C=O) groups is 2. The normalized spacial score (nSPS) is 12.4.